The molecule has 0 aliphatic carbocycles. The monoisotopic (exact) mass is 367 g/mol. The molecule has 25 heavy (non-hydrogen) atoms. The minimum absolute atomic E-state index is 0.537. The Morgan fingerprint density at radius 3 is 2.24 bits per heavy atom. The highest BCUT2D eigenvalue weighted by Crippen LogP contribution is 2.28. The molecule has 2 fully saturated rings. The van der Waals surface area contributed by atoms with Crippen LogP contribution in [0.25, 0.3) is 0 Å². The third-order valence-corrected chi connectivity index (χ3v) is 4.34. The molecule has 0 bridgehead atoms. The fourth-order valence-corrected chi connectivity index (χ4v) is 2.92. The maximum Gasteiger partial charge on any atom is 0.217 e. The largest absolute Gasteiger partial charge is 0.394 e. The molecule has 2 heterocycles. The van der Waals surface area contributed by atoms with Crippen molar-refractivity contribution in [1.29, 1.82) is 0 Å². The van der Waals surface area contributed by atoms with Crippen LogP contribution in [-0.4, -0.2) is 105 Å². The van der Waals surface area contributed by atoms with Crippen molar-refractivity contribution in [2.45, 2.75) is 75.2 Å². The number of carbonyl (C=O) groups excluding carboxylic acids is 1. The van der Waals surface area contributed by atoms with Gasteiger partial charge in [-0.1, -0.05) is 0 Å². The highest BCUT2D eigenvalue weighted by atomic mass is 16.7. The number of nitrogens with one attached hydrogen (secondary N) is 1. The molecule has 0 radical (unpaired) electrons. The number of ether oxygens (including phenoxy) is 3. The van der Waals surface area contributed by atoms with Crippen LogP contribution < -0.4 is 5.32 Å². The third-order valence-electron chi connectivity index (χ3n) is 4.34. The number of rotatable bonds is 4. The lowest BCUT2D eigenvalue weighted by molar-refractivity contribution is -0.337. The summed E-state index contributed by atoms with van der Waals surface area (Å²) in [4.78, 5) is 11.3. The Bertz CT molecular complexity index is 465. The van der Waals surface area contributed by atoms with E-state index < -0.39 is 73.9 Å². The maximum atomic E-state index is 11.3. The summed E-state index contributed by atoms with van der Waals surface area (Å²) in [6, 6.07) is -1.22. The van der Waals surface area contributed by atoms with Crippen molar-refractivity contribution in [2.75, 3.05) is 6.61 Å². The zero-order valence-corrected chi connectivity index (χ0v) is 13.8. The van der Waals surface area contributed by atoms with Crippen molar-refractivity contribution in [2.24, 2.45) is 0 Å². The summed E-state index contributed by atoms with van der Waals surface area (Å²) in [7, 11) is 0. The van der Waals surface area contributed by atoms with Crippen molar-refractivity contribution in [1.82, 2.24) is 5.32 Å². The fraction of sp³-hybridized carbons (Fsp3) is 0.929. The Morgan fingerprint density at radius 2 is 1.68 bits per heavy atom. The molecule has 146 valence electrons. The first-order valence-corrected chi connectivity index (χ1v) is 7.92. The number of aliphatic hydroxyl groups excluding tert-OH is 6. The second-order valence-corrected chi connectivity index (χ2v) is 6.25. The summed E-state index contributed by atoms with van der Waals surface area (Å²) < 4.78 is 15.8. The van der Waals surface area contributed by atoms with E-state index in [1.54, 1.807) is 0 Å². The van der Waals surface area contributed by atoms with Gasteiger partial charge in [0.25, 0.3) is 0 Å². The summed E-state index contributed by atoms with van der Waals surface area (Å²) in [5.41, 5.74) is 0. The first-order valence-electron chi connectivity index (χ1n) is 7.92. The number of carbonyl (C=O) groups is 1. The molecule has 2 saturated heterocycles. The molecule has 2 rings (SSSR count). The van der Waals surface area contributed by atoms with Crippen LogP contribution in [0.15, 0.2) is 0 Å². The van der Waals surface area contributed by atoms with Crippen LogP contribution >= 0.6 is 0 Å². The van der Waals surface area contributed by atoms with E-state index in [2.05, 4.69) is 5.32 Å². The van der Waals surface area contributed by atoms with Gasteiger partial charge in [-0.25, -0.2) is 0 Å². The molecule has 2 aliphatic heterocycles. The molecule has 11 nitrogen and oxygen atoms in total. The van der Waals surface area contributed by atoms with Gasteiger partial charge in [-0.3, -0.25) is 4.79 Å². The summed E-state index contributed by atoms with van der Waals surface area (Å²) in [6.07, 6.45) is -12.4. The second kappa shape index (κ2) is 8.20. The van der Waals surface area contributed by atoms with Gasteiger partial charge in [-0.05, 0) is 6.92 Å². The number of amides is 1. The summed E-state index contributed by atoms with van der Waals surface area (Å²) in [5.74, 6) is -0.537. The van der Waals surface area contributed by atoms with Gasteiger partial charge in [0.2, 0.25) is 5.91 Å². The number of hydrogen-bond donors (Lipinski definition) is 7. The number of hydrogen-bond acceptors (Lipinski definition) is 10. The summed E-state index contributed by atoms with van der Waals surface area (Å²) in [6.45, 7) is 2.01. The van der Waals surface area contributed by atoms with E-state index >= 15 is 0 Å². The van der Waals surface area contributed by atoms with Gasteiger partial charge in [0, 0.05) is 6.92 Å². The Labute approximate surface area is 143 Å². The lowest BCUT2D eigenvalue weighted by Gasteiger charge is -2.46. The first-order chi connectivity index (χ1) is 11.7. The van der Waals surface area contributed by atoms with Crippen LogP contribution in [0.1, 0.15) is 13.8 Å². The Morgan fingerprint density at radius 1 is 1.04 bits per heavy atom. The summed E-state index contributed by atoms with van der Waals surface area (Å²) in [5, 5.41) is 61.5. The average Bonchev–Trinajstić information content (AvgIpc) is 2.56. The first kappa shape index (κ1) is 20.4. The highest BCUT2D eigenvalue weighted by Gasteiger charge is 2.50. The van der Waals surface area contributed by atoms with Gasteiger partial charge in [0.1, 0.15) is 42.7 Å². The lowest BCUT2D eigenvalue weighted by Crippen LogP contribution is -2.67. The van der Waals surface area contributed by atoms with Gasteiger partial charge < -0.3 is 50.2 Å². The summed E-state index contributed by atoms with van der Waals surface area (Å²) >= 11 is 0. The molecule has 11 heteroatoms. The minimum atomic E-state index is -1.64. The van der Waals surface area contributed by atoms with Crippen LogP contribution in [0.2, 0.25) is 0 Å². The molecule has 10 atom stereocenters. The van der Waals surface area contributed by atoms with Crippen LogP contribution in [0, 0.1) is 0 Å². The molecule has 1 amide bonds. The average molecular weight is 367 g/mol. The van der Waals surface area contributed by atoms with E-state index in [-0.39, 0.29) is 0 Å². The van der Waals surface area contributed by atoms with Gasteiger partial charge in [0.05, 0.1) is 12.7 Å². The van der Waals surface area contributed by atoms with E-state index in [0.717, 1.165) is 0 Å². The molecule has 0 saturated carbocycles. The van der Waals surface area contributed by atoms with E-state index in [1.807, 2.05) is 0 Å². The zero-order chi connectivity index (χ0) is 18.9. The predicted octanol–water partition coefficient (Wildman–Crippen LogP) is -4.23. The smallest absolute Gasteiger partial charge is 0.217 e. The standard InChI is InChI=1S/C14H25NO10/c1-4-8(18)10(20)11(21)14(23-4)25-12-7(15-5(2)17)13(22)24-6(3-16)9(12)19/h4,6-14,16,18-22H,3H2,1-2H3,(H,15,17)/t4-,6+,7+,8+,9-,10+,11-,12+,13-,14+/m0/s1. The van der Waals surface area contributed by atoms with Gasteiger partial charge >= 0.3 is 0 Å². The van der Waals surface area contributed by atoms with Gasteiger partial charge in [-0.2, -0.15) is 0 Å². The van der Waals surface area contributed by atoms with Crippen LogP contribution in [-0.2, 0) is 19.0 Å². The normalized spacial score (nSPS) is 48.2. The van der Waals surface area contributed by atoms with Crippen LogP contribution in [0.4, 0.5) is 0 Å². The van der Waals surface area contributed by atoms with E-state index in [4.69, 9.17) is 14.2 Å². The molecule has 7 N–H and O–H groups in total. The lowest BCUT2D eigenvalue weighted by atomic mass is 9.95. The Hall–Kier alpha value is -0.890. The van der Waals surface area contributed by atoms with Crippen molar-refractivity contribution >= 4 is 5.91 Å². The van der Waals surface area contributed by atoms with E-state index in [1.165, 1.54) is 13.8 Å². The quantitative estimate of drug-likeness (QED) is 0.257. The number of aliphatic hydroxyl groups is 6. The molecular weight excluding hydrogens is 342 g/mol. The second-order valence-electron chi connectivity index (χ2n) is 6.25. The predicted molar refractivity (Wildman–Crippen MR) is 78.8 cm³/mol. The SMILES string of the molecule is CC(=O)N[C@@H]1[C@@H](O[C@H]2O[C@@H](C)[C@@H](O)[C@@H](O)[C@@H]2O)[C@@H](O)[C@@H](CO)O[C@@H]1O. The third kappa shape index (κ3) is 4.27. The molecule has 0 spiro atoms. The fourth-order valence-electron chi connectivity index (χ4n) is 2.92. The van der Waals surface area contributed by atoms with Crippen LogP contribution in [0.3, 0.4) is 0 Å². The molecule has 2 aliphatic rings. The van der Waals surface area contributed by atoms with Crippen molar-refractivity contribution in [3.8, 4) is 0 Å². The Kier molecular flexibility index (Phi) is 6.70. The highest BCUT2D eigenvalue weighted by molar-refractivity contribution is 5.73. The van der Waals surface area contributed by atoms with E-state index in [9.17, 15) is 35.4 Å². The topological polar surface area (TPSA) is 178 Å². The van der Waals surface area contributed by atoms with Gasteiger partial charge in [0.15, 0.2) is 12.6 Å². The van der Waals surface area contributed by atoms with E-state index in [0.29, 0.717) is 0 Å². The molecular formula is C14H25NO10. The minimum Gasteiger partial charge on any atom is -0.394 e. The van der Waals surface area contributed by atoms with Crippen molar-refractivity contribution < 1.29 is 49.6 Å². The maximum absolute atomic E-state index is 11.3. The molecule has 0 aromatic rings. The van der Waals surface area contributed by atoms with Crippen molar-refractivity contribution in [3.63, 3.8) is 0 Å². The zero-order valence-electron chi connectivity index (χ0n) is 13.8. The molecule has 0 unspecified atom stereocenters. The molecule has 0 aromatic carbocycles. The van der Waals surface area contributed by atoms with Crippen LogP contribution in [0.5, 0.6) is 0 Å². The molecule has 0 aromatic heterocycles. The Balaban J connectivity index is 2.20. The van der Waals surface area contributed by atoms with Crippen molar-refractivity contribution in [3.05, 3.63) is 0 Å². The van der Waals surface area contributed by atoms with Gasteiger partial charge in [-0.15, -0.1) is 0 Å².